The van der Waals surface area contributed by atoms with Crippen LogP contribution in [0.15, 0.2) is 12.3 Å². The molecule has 5 heteroatoms. The molecular weight excluding hydrogens is 171 g/mol. The number of pyridine rings is 1. The lowest BCUT2D eigenvalue weighted by Crippen LogP contribution is -1.91. The van der Waals surface area contributed by atoms with Gasteiger partial charge >= 0.3 is 0 Å². The van der Waals surface area contributed by atoms with E-state index in [0.717, 1.165) is 12.3 Å². The molecular formula is C7H6F3NO. The van der Waals surface area contributed by atoms with Crippen molar-refractivity contribution in [2.24, 2.45) is 0 Å². The van der Waals surface area contributed by atoms with Crippen LogP contribution in [0, 0.1) is 0 Å². The van der Waals surface area contributed by atoms with Gasteiger partial charge in [0, 0.05) is 0 Å². The predicted octanol–water partition coefficient (Wildman–Crippen LogP) is 2.19. The molecule has 1 N–H and O–H groups in total. The van der Waals surface area contributed by atoms with Crippen molar-refractivity contribution in [3.05, 3.63) is 23.5 Å². The van der Waals surface area contributed by atoms with Crippen LogP contribution < -0.4 is 0 Å². The Morgan fingerprint density at radius 2 is 2.17 bits per heavy atom. The first-order chi connectivity index (χ1) is 5.65. The molecule has 0 radical (unpaired) electrons. The van der Waals surface area contributed by atoms with Gasteiger partial charge < -0.3 is 5.11 Å². The van der Waals surface area contributed by atoms with E-state index in [-0.39, 0.29) is 5.69 Å². The molecule has 1 heterocycles. The van der Waals surface area contributed by atoms with Crippen molar-refractivity contribution in [2.45, 2.75) is 13.1 Å². The van der Waals surface area contributed by atoms with Gasteiger partial charge in [-0.3, -0.25) is 4.98 Å². The maximum atomic E-state index is 12.0. The maximum absolute atomic E-state index is 12.0. The molecule has 0 saturated heterocycles. The van der Waals surface area contributed by atoms with Gasteiger partial charge in [-0.05, 0) is 6.07 Å². The van der Waals surface area contributed by atoms with Gasteiger partial charge in [-0.1, -0.05) is 0 Å². The summed E-state index contributed by atoms with van der Waals surface area (Å²) in [6.45, 7) is -0.917. The summed E-state index contributed by atoms with van der Waals surface area (Å²) in [7, 11) is 0. The van der Waals surface area contributed by atoms with Crippen molar-refractivity contribution < 1.29 is 18.3 Å². The van der Waals surface area contributed by atoms with Crippen molar-refractivity contribution >= 4 is 0 Å². The van der Waals surface area contributed by atoms with Gasteiger partial charge in [-0.2, -0.15) is 0 Å². The van der Waals surface area contributed by atoms with E-state index in [2.05, 4.69) is 4.98 Å². The molecule has 1 rings (SSSR count). The summed E-state index contributed by atoms with van der Waals surface area (Å²) in [6.07, 6.45) is -1.99. The Morgan fingerprint density at radius 3 is 2.67 bits per heavy atom. The Kier molecular flexibility index (Phi) is 2.52. The fraction of sp³-hybridized carbons (Fsp3) is 0.286. The largest absolute Gasteiger partial charge is 0.506 e. The molecule has 0 amide bonds. The topological polar surface area (TPSA) is 33.1 Å². The van der Waals surface area contributed by atoms with Crippen LogP contribution in [0.5, 0.6) is 5.75 Å². The molecule has 0 fully saturated rings. The first-order valence-electron chi connectivity index (χ1n) is 3.17. The van der Waals surface area contributed by atoms with Crippen LogP contribution in [0.3, 0.4) is 0 Å². The fourth-order valence-corrected chi connectivity index (χ4v) is 0.757. The molecule has 0 aliphatic rings. The second kappa shape index (κ2) is 3.42. The van der Waals surface area contributed by atoms with E-state index in [0.29, 0.717) is 0 Å². The number of hydrogen-bond acceptors (Lipinski definition) is 2. The summed E-state index contributed by atoms with van der Waals surface area (Å²) in [5, 5.41) is 8.84. The lowest BCUT2D eigenvalue weighted by atomic mass is 10.2. The Balaban J connectivity index is 3.08. The highest BCUT2D eigenvalue weighted by Crippen LogP contribution is 2.27. The van der Waals surface area contributed by atoms with Crippen LogP contribution >= 0.6 is 0 Å². The quantitative estimate of drug-likeness (QED) is 0.751. The second-order valence-electron chi connectivity index (χ2n) is 2.17. The summed E-state index contributed by atoms with van der Waals surface area (Å²) in [5.41, 5.74) is -0.694. The SMILES string of the molecule is Oc1cnc(CF)cc1C(F)F. The zero-order valence-electron chi connectivity index (χ0n) is 5.97. The molecule has 1 aromatic heterocycles. The lowest BCUT2D eigenvalue weighted by Gasteiger charge is -2.03. The molecule has 0 aliphatic carbocycles. The molecule has 0 spiro atoms. The van der Waals surface area contributed by atoms with E-state index < -0.39 is 24.4 Å². The van der Waals surface area contributed by atoms with E-state index in [1.165, 1.54) is 0 Å². The number of rotatable bonds is 2. The Morgan fingerprint density at radius 1 is 1.50 bits per heavy atom. The zero-order chi connectivity index (χ0) is 9.14. The first-order valence-corrected chi connectivity index (χ1v) is 3.17. The number of alkyl halides is 3. The molecule has 0 unspecified atom stereocenters. The van der Waals surface area contributed by atoms with Crippen LogP contribution in [0.2, 0.25) is 0 Å². The maximum Gasteiger partial charge on any atom is 0.267 e. The van der Waals surface area contributed by atoms with Gasteiger partial charge in [0.15, 0.2) is 0 Å². The average Bonchev–Trinajstić information content (AvgIpc) is 2.05. The van der Waals surface area contributed by atoms with Crippen molar-refractivity contribution in [3.63, 3.8) is 0 Å². The van der Waals surface area contributed by atoms with Crippen LogP contribution in [-0.4, -0.2) is 10.1 Å². The smallest absolute Gasteiger partial charge is 0.267 e. The van der Waals surface area contributed by atoms with Crippen molar-refractivity contribution in [3.8, 4) is 5.75 Å². The van der Waals surface area contributed by atoms with E-state index in [1.54, 1.807) is 0 Å². The van der Waals surface area contributed by atoms with Crippen LogP contribution in [0.25, 0.3) is 0 Å². The number of halogens is 3. The first kappa shape index (κ1) is 8.83. The van der Waals surface area contributed by atoms with Gasteiger partial charge in [0.25, 0.3) is 6.43 Å². The summed E-state index contributed by atoms with van der Waals surface area (Å²) < 4.78 is 36.0. The third-order valence-electron chi connectivity index (χ3n) is 1.34. The van der Waals surface area contributed by atoms with Gasteiger partial charge in [0.1, 0.15) is 12.4 Å². The minimum Gasteiger partial charge on any atom is -0.506 e. The highest BCUT2D eigenvalue weighted by Gasteiger charge is 2.13. The summed E-state index contributed by atoms with van der Waals surface area (Å²) in [4.78, 5) is 3.38. The average molecular weight is 177 g/mol. The standard InChI is InChI=1S/C7H6F3NO/c8-2-4-1-5(7(9)10)6(12)3-11-4/h1,3,7,12H,2H2. The van der Waals surface area contributed by atoms with Gasteiger partial charge in [-0.15, -0.1) is 0 Å². The van der Waals surface area contributed by atoms with Crippen LogP contribution in [0.4, 0.5) is 13.2 Å². The Bertz CT molecular complexity index is 277. The Labute approximate surface area is 66.7 Å². The third kappa shape index (κ3) is 1.66. The summed E-state index contributed by atoms with van der Waals surface area (Å²) in [5.74, 6) is -0.609. The van der Waals surface area contributed by atoms with E-state index >= 15 is 0 Å². The van der Waals surface area contributed by atoms with Crippen molar-refractivity contribution in [2.75, 3.05) is 0 Å². The van der Waals surface area contributed by atoms with Crippen molar-refractivity contribution in [1.29, 1.82) is 0 Å². The van der Waals surface area contributed by atoms with Gasteiger partial charge in [0.2, 0.25) is 0 Å². The molecule has 0 bridgehead atoms. The number of hydrogen-bond donors (Lipinski definition) is 1. The van der Waals surface area contributed by atoms with Gasteiger partial charge in [-0.25, -0.2) is 13.2 Å². The van der Waals surface area contributed by atoms with E-state index in [9.17, 15) is 13.2 Å². The monoisotopic (exact) mass is 177 g/mol. The molecule has 12 heavy (non-hydrogen) atoms. The summed E-state index contributed by atoms with van der Waals surface area (Å²) in [6, 6.07) is 0.847. The second-order valence-corrected chi connectivity index (χ2v) is 2.17. The number of aromatic nitrogens is 1. The molecule has 0 aliphatic heterocycles. The number of aromatic hydroxyl groups is 1. The fourth-order valence-electron chi connectivity index (χ4n) is 0.757. The molecule has 2 nitrogen and oxygen atoms in total. The van der Waals surface area contributed by atoms with E-state index in [1.807, 2.05) is 0 Å². The van der Waals surface area contributed by atoms with E-state index in [4.69, 9.17) is 5.11 Å². The molecule has 0 aromatic carbocycles. The minimum atomic E-state index is -2.81. The van der Waals surface area contributed by atoms with Crippen LogP contribution in [0.1, 0.15) is 17.7 Å². The number of nitrogens with zero attached hydrogens (tertiary/aromatic N) is 1. The highest BCUT2D eigenvalue weighted by atomic mass is 19.3. The highest BCUT2D eigenvalue weighted by molar-refractivity contribution is 5.31. The molecule has 0 saturated carbocycles. The Hall–Kier alpha value is -1.26. The molecule has 66 valence electrons. The van der Waals surface area contributed by atoms with Crippen molar-refractivity contribution in [1.82, 2.24) is 4.98 Å². The van der Waals surface area contributed by atoms with Crippen LogP contribution in [-0.2, 0) is 6.67 Å². The predicted molar refractivity (Wildman–Crippen MR) is 35.7 cm³/mol. The normalized spacial score (nSPS) is 10.7. The summed E-state index contributed by atoms with van der Waals surface area (Å²) >= 11 is 0. The minimum absolute atomic E-state index is 0.108. The molecule has 1 aromatic rings. The molecule has 0 atom stereocenters. The van der Waals surface area contributed by atoms with Gasteiger partial charge in [0.05, 0.1) is 17.5 Å². The zero-order valence-corrected chi connectivity index (χ0v) is 5.97. The third-order valence-corrected chi connectivity index (χ3v) is 1.34. The lowest BCUT2D eigenvalue weighted by molar-refractivity contribution is 0.147.